The molecule has 9 heteroatoms. The topological polar surface area (TPSA) is 121 Å². The fourth-order valence-electron chi connectivity index (χ4n) is 3.80. The molecule has 2 aromatic carbocycles. The van der Waals surface area contributed by atoms with Gasteiger partial charge in [0.25, 0.3) is 15.6 Å². The number of phenols is 1. The molecule has 3 N–H and O–H groups in total. The van der Waals surface area contributed by atoms with E-state index < -0.39 is 15.6 Å². The van der Waals surface area contributed by atoms with Gasteiger partial charge in [-0.15, -0.1) is 4.40 Å². The van der Waals surface area contributed by atoms with Gasteiger partial charge in [-0.3, -0.25) is 4.79 Å². The second-order valence-corrected chi connectivity index (χ2v) is 9.22. The summed E-state index contributed by atoms with van der Waals surface area (Å²) in [7, 11) is -4.17. The van der Waals surface area contributed by atoms with Crippen molar-refractivity contribution in [1.82, 2.24) is 4.57 Å². The lowest BCUT2D eigenvalue weighted by Crippen LogP contribution is -2.32. The van der Waals surface area contributed by atoms with Crippen LogP contribution in [0.5, 0.6) is 11.5 Å². The van der Waals surface area contributed by atoms with Crippen LogP contribution >= 0.6 is 0 Å². The molecule has 0 bridgehead atoms. The third kappa shape index (κ3) is 3.02. The maximum Gasteiger partial charge on any atom is 0.286 e. The van der Waals surface area contributed by atoms with Gasteiger partial charge in [-0.05, 0) is 36.6 Å². The van der Waals surface area contributed by atoms with Crippen molar-refractivity contribution < 1.29 is 18.6 Å². The van der Waals surface area contributed by atoms with Gasteiger partial charge in [0.2, 0.25) is 0 Å². The van der Waals surface area contributed by atoms with Crippen molar-refractivity contribution in [2.75, 3.05) is 5.32 Å². The van der Waals surface area contributed by atoms with Gasteiger partial charge in [0, 0.05) is 18.0 Å². The first-order chi connectivity index (χ1) is 14.3. The predicted octanol–water partition coefficient (Wildman–Crippen LogP) is 2.77. The number of nitrogens with one attached hydrogen (secondary N) is 1. The molecule has 0 amide bonds. The van der Waals surface area contributed by atoms with Gasteiger partial charge >= 0.3 is 0 Å². The normalized spacial score (nSPS) is 17.3. The lowest BCUT2D eigenvalue weighted by atomic mass is 10.1. The number of rotatable bonds is 4. The minimum atomic E-state index is -4.17. The van der Waals surface area contributed by atoms with Gasteiger partial charge in [0.1, 0.15) is 22.0 Å². The van der Waals surface area contributed by atoms with E-state index in [1.165, 1.54) is 12.1 Å². The van der Waals surface area contributed by atoms with Gasteiger partial charge in [0.05, 0.1) is 11.2 Å². The summed E-state index contributed by atoms with van der Waals surface area (Å²) in [6.45, 7) is 0.474. The number of benzene rings is 2. The highest BCUT2D eigenvalue weighted by molar-refractivity contribution is 7.90. The van der Waals surface area contributed by atoms with Crippen molar-refractivity contribution in [1.29, 1.82) is 0 Å². The van der Waals surface area contributed by atoms with Gasteiger partial charge in [-0.25, -0.2) is 0 Å². The van der Waals surface area contributed by atoms with Crippen molar-refractivity contribution in [2.45, 2.75) is 30.7 Å². The first kappa shape index (κ1) is 18.7. The molecule has 2 aliphatic rings. The van der Waals surface area contributed by atoms with Crippen molar-refractivity contribution in [3.8, 4) is 11.5 Å². The Bertz CT molecular complexity index is 1390. The van der Waals surface area contributed by atoms with Crippen LogP contribution in [-0.2, 0) is 16.6 Å². The SMILES string of the molecule is O=c1c(C2=NS(=O)(=O)c3cc(O)ccc3N2)c(O)c2ccccc2n1CCC1CC1. The summed E-state index contributed by atoms with van der Waals surface area (Å²) >= 11 is 0. The number of aromatic nitrogens is 1. The zero-order valence-electron chi connectivity index (χ0n) is 15.9. The standard InChI is InChI=1S/C21H19N3O5S/c25-13-7-8-15-17(11-13)30(28,29)23-20(22-15)18-19(26)14-3-1-2-4-16(14)24(21(18)27)10-9-12-5-6-12/h1-4,7-8,11-12,25-26H,5-6,9-10H2,(H,22,23). The van der Waals surface area contributed by atoms with E-state index in [9.17, 15) is 23.4 Å². The number of hydrogen-bond donors (Lipinski definition) is 3. The van der Waals surface area contributed by atoms with Crippen molar-refractivity contribution in [3.05, 3.63) is 58.4 Å². The van der Waals surface area contributed by atoms with E-state index in [2.05, 4.69) is 9.71 Å². The molecular formula is C21H19N3O5S. The van der Waals surface area contributed by atoms with Crippen LogP contribution in [0.25, 0.3) is 10.9 Å². The molecule has 154 valence electrons. The van der Waals surface area contributed by atoms with Gasteiger partial charge < -0.3 is 20.1 Å². The minimum absolute atomic E-state index is 0.175. The minimum Gasteiger partial charge on any atom is -0.508 e. The highest BCUT2D eigenvalue weighted by Crippen LogP contribution is 2.35. The van der Waals surface area contributed by atoms with E-state index >= 15 is 0 Å². The summed E-state index contributed by atoms with van der Waals surface area (Å²) < 4.78 is 30.7. The average molecular weight is 425 g/mol. The Hall–Kier alpha value is -3.33. The number of para-hydroxylation sites is 1. The fourth-order valence-corrected chi connectivity index (χ4v) is 4.94. The number of sulfonamides is 1. The molecule has 1 aliphatic heterocycles. The Morgan fingerprint density at radius 1 is 1.13 bits per heavy atom. The summed E-state index contributed by atoms with van der Waals surface area (Å²) in [5.41, 5.74) is 0.0746. The number of fused-ring (bicyclic) bond motifs is 2. The molecule has 2 heterocycles. The molecule has 0 unspecified atom stereocenters. The number of pyridine rings is 1. The third-order valence-electron chi connectivity index (χ3n) is 5.55. The molecule has 1 saturated carbocycles. The van der Waals surface area contributed by atoms with E-state index in [0.717, 1.165) is 25.3 Å². The number of nitrogens with zero attached hydrogens (tertiary/aromatic N) is 2. The Morgan fingerprint density at radius 2 is 1.90 bits per heavy atom. The lowest BCUT2D eigenvalue weighted by Gasteiger charge is -2.20. The third-order valence-corrected chi connectivity index (χ3v) is 6.86. The van der Waals surface area contributed by atoms with E-state index in [4.69, 9.17) is 0 Å². The quantitative estimate of drug-likeness (QED) is 0.553. The summed E-state index contributed by atoms with van der Waals surface area (Å²) in [5, 5.41) is 23.8. The second kappa shape index (κ2) is 6.60. The maximum atomic E-state index is 13.4. The zero-order chi connectivity index (χ0) is 21.0. The largest absolute Gasteiger partial charge is 0.508 e. The van der Waals surface area contributed by atoms with Crippen LogP contribution in [0.2, 0.25) is 0 Å². The molecule has 0 atom stereocenters. The number of hydrogen-bond acceptors (Lipinski definition) is 6. The number of anilines is 1. The van der Waals surface area contributed by atoms with Gasteiger partial charge in [0.15, 0.2) is 5.84 Å². The Morgan fingerprint density at radius 3 is 2.67 bits per heavy atom. The van der Waals surface area contributed by atoms with E-state index in [1.54, 1.807) is 28.8 Å². The Labute approximate surface area is 172 Å². The highest BCUT2D eigenvalue weighted by atomic mass is 32.2. The summed E-state index contributed by atoms with van der Waals surface area (Å²) in [5.74, 6) is -0.171. The number of aromatic hydroxyl groups is 2. The molecule has 3 aromatic rings. The summed E-state index contributed by atoms with van der Waals surface area (Å²) in [6, 6.07) is 10.8. The van der Waals surface area contributed by atoms with Crippen LogP contribution in [0.4, 0.5) is 5.69 Å². The highest BCUT2D eigenvalue weighted by Gasteiger charge is 2.30. The fraction of sp³-hybridized carbons (Fsp3) is 0.238. The molecule has 0 saturated heterocycles. The smallest absolute Gasteiger partial charge is 0.286 e. The van der Waals surface area contributed by atoms with Crippen LogP contribution in [0.1, 0.15) is 24.8 Å². The molecule has 5 rings (SSSR count). The monoisotopic (exact) mass is 425 g/mol. The van der Waals surface area contributed by atoms with Gasteiger partial charge in [-0.1, -0.05) is 25.0 Å². The van der Waals surface area contributed by atoms with Crippen LogP contribution in [0, 0.1) is 5.92 Å². The zero-order valence-corrected chi connectivity index (χ0v) is 16.7. The van der Waals surface area contributed by atoms with Gasteiger partial charge in [-0.2, -0.15) is 8.42 Å². The maximum absolute atomic E-state index is 13.4. The van der Waals surface area contributed by atoms with Crippen LogP contribution in [0.3, 0.4) is 0 Å². The number of phenolic OH excluding ortho intramolecular Hbond substituents is 1. The molecule has 1 fully saturated rings. The average Bonchev–Trinajstić information content (AvgIpc) is 3.53. The van der Waals surface area contributed by atoms with Crippen molar-refractivity contribution in [3.63, 3.8) is 0 Å². The number of aryl methyl sites for hydroxylation is 1. The molecule has 30 heavy (non-hydrogen) atoms. The van der Waals surface area contributed by atoms with Crippen molar-refractivity contribution >= 4 is 32.4 Å². The van der Waals surface area contributed by atoms with Crippen molar-refractivity contribution in [2.24, 2.45) is 10.3 Å². The predicted molar refractivity (Wildman–Crippen MR) is 113 cm³/mol. The Kier molecular flexibility index (Phi) is 4.11. The Balaban J connectivity index is 1.72. The second-order valence-electron chi connectivity index (χ2n) is 7.65. The molecule has 8 nitrogen and oxygen atoms in total. The molecular weight excluding hydrogens is 406 g/mol. The van der Waals surface area contributed by atoms with Crippen LogP contribution < -0.4 is 10.9 Å². The van der Waals surface area contributed by atoms with E-state index in [-0.39, 0.29) is 33.5 Å². The molecule has 0 radical (unpaired) electrons. The lowest BCUT2D eigenvalue weighted by molar-refractivity contribution is 0.473. The number of amidine groups is 1. The molecule has 1 aromatic heterocycles. The molecule has 0 spiro atoms. The van der Waals surface area contributed by atoms with Crippen LogP contribution in [0.15, 0.2) is 56.6 Å². The first-order valence-corrected chi connectivity index (χ1v) is 11.1. The first-order valence-electron chi connectivity index (χ1n) is 9.65. The summed E-state index contributed by atoms with van der Waals surface area (Å²) in [6.07, 6.45) is 3.13. The van der Waals surface area contributed by atoms with E-state index in [0.29, 0.717) is 23.4 Å². The van der Waals surface area contributed by atoms with Crippen LogP contribution in [-0.4, -0.2) is 29.0 Å². The van der Waals surface area contributed by atoms with E-state index in [1.807, 2.05) is 0 Å². The molecule has 1 aliphatic carbocycles. The summed E-state index contributed by atoms with van der Waals surface area (Å²) in [4.78, 5) is 13.2.